The van der Waals surface area contributed by atoms with E-state index < -0.39 is 5.97 Å². The van der Waals surface area contributed by atoms with Gasteiger partial charge in [0.1, 0.15) is 0 Å². The van der Waals surface area contributed by atoms with Gasteiger partial charge in [0.25, 0.3) is 0 Å². The fourth-order valence-electron chi connectivity index (χ4n) is 1.69. The number of aromatic nitrogens is 1. The molecule has 0 radical (unpaired) electrons. The van der Waals surface area contributed by atoms with Gasteiger partial charge in [-0.2, -0.15) is 0 Å². The maximum atomic E-state index is 10.7. The van der Waals surface area contributed by atoms with Crippen molar-refractivity contribution in [2.24, 2.45) is 0 Å². The molecule has 1 aromatic heterocycles. The highest BCUT2D eigenvalue weighted by atomic mass is 16.5. The summed E-state index contributed by atoms with van der Waals surface area (Å²) >= 11 is 0. The minimum atomic E-state index is -0.913. The number of nitrogens with zero attached hydrogens (tertiary/aromatic N) is 1. The first-order valence-electron chi connectivity index (χ1n) is 6.25. The van der Waals surface area contributed by atoms with Crippen molar-refractivity contribution in [1.82, 2.24) is 10.3 Å². The molecule has 104 valence electrons. The van der Waals surface area contributed by atoms with E-state index in [-0.39, 0.29) is 0 Å². The molecule has 0 aliphatic rings. The number of carbonyl (C=O) groups is 1. The first-order chi connectivity index (χ1) is 9.75. The van der Waals surface area contributed by atoms with E-state index >= 15 is 0 Å². The van der Waals surface area contributed by atoms with Crippen LogP contribution in [0.2, 0.25) is 0 Å². The highest BCUT2D eigenvalue weighted by molar-refractivity contribution is 5.87. The summed E-state index contributed by atoms with van der Waals surface area (Å²) in [4.78, 5) is 14.7. The van der Waals surface area contributed by atoms with Crippen LogP contribution < -0.4 is 5.32 Å². The standard InChI is InChI=1S/C15H16N2O3/c18-15(19)14-5-3-12(4-6-14)8-17-11-20-10-13-2-1-7-16-9-13/h1-7,9,17H,8,10-11H2,(H,18,19). The summed E-state index contributed by atoms with van der Waals surface area (Å²) in [5, 5.41) is 11.9. The zero-order valence-corrected chi connectivity index (χ0v) is 11.0. The second kappa shape index (κ2) is 7.37. The maximum Gasteiger partial charge on any atom is 0.335 e. The van der Waals surface area contributed by atoms with Crippen molar-refractivity contribution in [2.75, 3.05) is 6.73 Å². The summed E-state index contributed by atoms with van der Waals surface area (Å²) in [5.74, 6) is -0.913. The summed E-state index contributed by atoms with van der Waals surface area (Å²) in [5.41, 5.74) is 2.33. The van der Waals surface area contributed by atoms with Gasteiger partial charge in [0, 0.05) is 18.9 Å². The van der Waals surface area contributed by atoms with Crippen molar-refractivity contribution in [1.29, 1.82) is 0 Å². The molecule has 2 aromatic rings. The number of carboxylic acid groups (broad SMARTS) is 1. The van der Waals surface area contributed by atoms with Crippen molar-refractivity contribution in [3.8, 4) is 0 Å². The van der Waals surface area contributed by atoms with E-state index in [0.717, 1.165) is 11.1 Å². The Morgan fingerprint density at radius 3 is 2.65 bits per heavy atom. The van der Waals surface area contributed by atoms with E-state index in [1.54, 1.807) is 36.7 Å². The number of pyridine rings is 1. The van der Waals surface area contributed by atoms with Crippen LogP contribution in [0.3, 0.4) is 0 Å². The first kappa shape index (κ1) is 14.2. The van der Waals surface area contributed by atoms with E-state index in [0.29, 0.717) is 25.4 Å². The Hall–Kier alpha value is -2.24. The van der Waals surface area contributed by atoms with Crippen LogP contribution >= 0.6 is 0 Å². The Labute approximate surface area is 117 Å². The van der Waals surface area contributed by atoms with Crippen LogP contribution in [-0.4, -0.2) is 22.8 Å². The lowest BCUT2D eigenvalue weighted by Crippen LogP contribution is -2.17. The minimum Gasteiger partial charge on any atom is -0.478 e. The van der Waals surface area contributed by atoms with Gasteiger partial charge in [-0.05, 0) is 29.3 Å². The van der Waals surface area contributed by atoms with Crippen LogP contribution in [0.5, 0.6) is 0 Å². The zero-order valence-electron chi connectivity index (χ0n) is 11.0. The van der Waals surface area contributed by atoms with Crippen LogP contribution in [0.15, 0.2) is 48.8 Å². The number of ether oxygens (including phenoxy) is 1. The third kappa shape index (κ3) is 4.46. The molecule has 5 heteroatoms. The quantitative estimate of drug-likeness (QED) is 0.596. The van der Waals surface area contributed by atoms with Gasteiger partial charge in [0.05, 0.1) is 18.9 Å². The van der Waals surface area contributed by atoms with Crippen LogP contribution in [-0.2, 0) is 17.9 Å². The van der Waals surface area contributed by atoms with Gasteiger partial charge in [-0.1, -0.05) is 18.2 Å². The number of rotatable bonds is 7. The Kier molecular flexibility index (Phi) is 5.23. The number of aromatic carboxylic acids is 1. The fraction of sp³-hybridized carbons (Fsp3) is 0.200. The lowest BCUT2D eigenvalue weighted by atomic mass is 10.1. The lowest BCUT2D eigenvalue weighted by Gasteiger charge is -2.06. The SMILES string of the molecule is O=C(O)c1ccc(CNCOCc2cccnc2)cc1. The number of hydrogen-bond acceptors (Lipinski definition) is 4. The number of nitrogens with one attached hydrogen (secondary N) is 1. The molecule has 2 N–H and O–H groups in total. The molecule has 0 atom stereocenters. The molecule has 0 saturated carbocycles. The van der Waals surface area contributed by atoms with E-state index in [2.05, 4.69) is 10.3 Å². The Balaban J connectivity index is 1.67. The molecule has 20 heavy (non-hydrogen) atoms. The molecular weight excluding hydrogens is 256 g/mol. The van der Waals surface area contributed by atoms with Gasteiger partial charge >= 0.3 is 5.97 Å². The molecule has 2 rings (SSSR count). The summed E-state index contributed by atoms with van der Waals surface area (Å²) in [6, 6.07) is 10.6. The Morgan fingerprint density at radius 1 is 1.20 bits per heavy atom. The fourth-order valence-corrected chi connectivity index (χ4v) is 1.69. The number of hydrogen-bond donors (Lipinski definition) is 2. The number of benzene rings is 1. The summed E-state index contributed by atoms with van der Waals surface area (Å²) in [6.45, 7) is 1.57. The molecule has 0 fully saturated rings. The molecule has 1 aromatic carbocycles. The monoisotopic (exact) mass is 272 g/mol. The molecule has 5 nitrogen and oxygen atoms in total. The lowest BCUT2D eigenvalue weighted by molar-refractivity contribution is 0.0697. The van der Waals surface area contributed by atoms with E-state index in [1.807, 2.05) is 12.1 Å². The number of carboxylic acids is 1. The molecule has 0 saturated heterocycles. The van der Waals surface area contributed by atoms with E-state index in [4.69, 9.17) is 9.84 Å². The topological polar surface area (TPSA) is 71.5 Å². The molecule has 0 bridgehead atoms. The van der Waals surface area contributed by atoms with Gasteiger partial charge in [-0.25, -0.2) is 4.79 Å². The van der Waals surface area contributed by atoms with Crippen LogP contribution in [0.1, 0.15) is 21.5 Å². The molecule has 0 aliphatic carbocycles. The van der Waals surface area contributed by atoms with Crippen LogP contribution in [0, 0.1) is 0 Å². The van der Waals surface area contributed by atoms with Crippen molar-refractivity contribution < 1.29 is 14.6 Å². The Bertz CT molecular complexity index is 541. The van der Waals surface area contributed by atoms with Crippen molar-refractivity contribution in [2.45, 2.75) is 13.2 Å². The van der Waals surface area contributed by atoms with Gasteiger partial charge in [-0.3, -0.25) is 10.3 Å². The minimum absolute atomic E-state index is 0.293. The highest BCUT2D eigenvalue weighted by Gasteiger charge is 2.01. The van der Waals surface area contributed by atoms with Crippen LogP contribution in [0.25, 0.3) is 0 Å². The average molecular weight is 272 g/mol. The smallest absolute Gasteiger partial charge is 0.335 e. The molecule has 0 spiro atoms. The predicted molar refractivity (Wildman–Crippen MR) is 74.1 cm³/mol. The second-order valence-electron chi connectivity index (χ2n) is 4.28. The van der Waals surface area contributed by atoms with Gasteiger partial charge in [-0.15, -0.1) is 0 Å². The summed E-state index contributed by atoms with van der Waals surface area (Å²) in [7, 11) is 0. The van der Waals surface area contributed by atoms with E-state index in [9.17, 15) is 4.79 Å². The van der Waals surface area contributed by atoms with E-state index in [1.165, 1.54) is 0 Å². The van der Waals surface area contributed by atoms with Crippen molar-refractivity contribution in [3.63, 3.8) is 0 Å². The third-order valence-corrected chi connectivity index (χ3v) is 2.73. The van der Waals surface area contributed by atoms with Crippen molar-refractivity contribution >= 4 is 5.97 Å². The molecule has 0 aliphatic heterocycles. The average Bonchev–Trinajstić information content (AvgIpc) is 2.48. The Morgan fingerprint density at radius 2 is 2.00 bits per heavy atom. The van der Waals surface area contributed by atoms with Gasteiger partial charge < -0.3 is 9.84 Å². The normalized spacial score (nSPS) is 10.4. The largest absolute Gasteiger partial charge is 0.478 e. The molecule has 1 heterocycles. The molecular formula is C15H16N2O3. The van der Waals surface area contributed by atoms with Gasteiger partial charge in [0.15, 0.2) is 0 Å². The predicted octanol–water partition coefficient (Wildman–Crippen LogP) is 2.04. The van der Waals surface area contributed by atoms with Crippen molar-refractivity contribution in [3.05, 3.63) is 65.5 Å². The zero-order chi connectivity index (χ0) is 14.2. The maximum absolute atomic E-state index is 10.7. The second-order valence-corrected chi connectivity index (χ2v) is 4.28. The highest BCUT2D eigenvalue weighted by Crippen LogP contribution is 2.04. The summed E-state index contributed by atoms with van der Waals surface area (Å²) in [6.07, 6.45) is 3.49. The molecule has 0 unspecified atom stereocenters. The summed E-state index contributed by atoms with van der Waals surface area (Å²) < 4.78 is 5.46. The van der Waals surface area contributed by atoms with Gasteiger partial charge in [0.2, 0.25) is 0 Å². The third-order valence-electron chi connectivity index (χ3n) is 2.73. The van der Waals surface area contributed by atoms with Crippen LogP contribution in [0.4, 0.5) is 0 Å². The molecule has 0 amide bonds. The first-order valence-corrected chi connectivity index (χ1v) is 6.25.